The molecule has 0 saturated carbocycles. The molecular formula is C23H25N3O. The van der Waals surface area contributed by atoms with Crippen molar-refractivity contribution in [2.45, 2.75) is 40.0 Å². The third-order valence-electron chi connectivity index (χ3n) is 5.25. The molecule has 0 amide bonds. The minimum atomic E-state index is 0.254. The molecule has 2 heterocycles. The van der Waals surface area contributed by atoms with Crippen LogP contribution in [0.5, 0.6) is 5.75 Å². The Hall–Kier alpha value is -2.75. The first-order valence-corrected chi connectivity index (χ1v) is 9.43. The number of fused-ring (bicyclic) bond motifs is 1. The van der Waals surface area contributed by atoms with Gasteiger partial charge in [0.25, 0.3) is 0 Å². The number of benzene rings is 1. The van der Waals surface area contributed by atoms with Gasteiger partial charge in [0.05, 0.1) is 12.8 Å². The molecule has 4 nitrogen and oxygen atoms in total. The van der Waals surface area contributed by atoms with E-state index in [0.29, 0.717) is 5.82 Å². The molecule has 0 spiro atoms. The molecule has 0 aliphatic heterocycles. The van der Waals surface area contributed by atoms with Crippen LogP contribution in [-0.4, -0.2) is 22.1 Å². The summed E-state index contributed by atoms with van der Waals surface area (Å²) in [5.74, 6) is 1.54. The fraction of sp³-hybridized carbons (Fsp3) is 0.348. The zero-order valence-corrected chi connectivity index (χ0v) is 16.4. The largest absolute Gasteiger partial charge is 0.497 e. The van der Waals surface area contributed by atoms with Gasteiger partial charge in [0.2, 0.25) is 0 Å². The maximum absolute atomic E-state index is 5.43. The molecule has 1 aromatic carbocycles. The van der Waals surface area contributed by atoms with E-state index in [0.717, 1.165) is 53.4 Å². The molecule has 0 bridgehead atoms. The summed E-state index contributed by atoms with van der Waals surface area (Å²) in [7, 11) is 1.69. The van der Waals surface area contributed by atoms with E-state index in [2.05, 4.69) is 31.0 Å². The Labute approximate surface area is 160 Å². The number of hydrogen-bond donors (Lipinski definition) is 0. The second-order valence-electron chi connectivity index (χ2n) is 8.06. The summed E-state index contributed by atoms with van der Waals surface area (Å²) in [5.41, 5.74) is 6.54. The summed E-state index contributed by atoms with van der Waals surface area (Å²) < 4.78 is 5.43. The molecule has 1 aliphatic rings. The molecule has 0 radical (unpaired) electrons. The average Bonchev–Trinajstić information content (AvgIpc) is 2.66. The van der Waals surface area contributed by atoms with Gasteiger partial charge in [0, 0.05) is 22.5 Å². The lowest BCUT2D eigenvalue weighted by molar-refractivity contribution is 0.310. The molecule has 2 aromatic heterocycles. The number of hydrogen-bond acceptors (Lipinski definition) is 4. The van der Waals surface area contributed by atoms with Crippen LogP contribution in [0.3, 0.4) is 0 Å². The number of methoxy groups -OCH3 is 1. The van der Waals surface area contributed by atoms with Crippen molar-refractivity contribution in [2.24, 2.45) is 5.41 Å². The van der Waals surface area contributed by atoms with Crippen LogP contribution in [0.15, 0.2) is 42.5 Å². The van der Waals surface area contributed by atoms with Crippen LogP contribution in [-0.2, 0) is 12.8 Å². The second kappa shape index (κ2) is 6.76. The highest BCUT2D eigenvalue weighted by atomic mass is 16.5. The van der Waals surface area contributed by atoms with Gasteiger partial charge < -0.3 is 4.74 Å². The summed E-state index contributed by atoms with van der Waals surface area (Å²) in [6.45, 7) is 6.62. The van der Waals surface area contributed by atoms with Gasteiger partial charge in [-0.25, -0.2) is 15.0 Å². The van der Waals surface area contributed by atoms with E-state index in [1.54, 1.807) is 7.11 Å². The Bertz CT molecular complexity index is 995. The number of aromatic nitrogens is 3. The van der Waals surface area contributed by atoms with Crippen molar-refractivity contribution in [1.29, 1.82) is 0 Å². The van der Waals surface area contributed by atoms with E-state index < -0.39 is 0 Å². The highest BCUT2D eigenvalue weighted by molar-refractivity contribution is 5.68. The first-order chi connectivity index (χ1) is 12.9. The molecule has 0 unspecified atom stereocenters. The minimum Gasteiger partial charge on any atom is -0.497 e. The predicted octanol–water partition coefficient (Wildman–Crippen LogP) is 5.04. The third-order valence-corrected chi connectivity index (χ3v) is 5.25. The van der Waals surface area contributed by atoms with E-state index in [-0.39, 0.29) is 5.41 Å². The van der Waals surface area contributed by atoms with Crippen LogP contribution >= 0.6 is 0 Å². The SMILES string of the molecule is COc1cccc(-c2nc(-c3cccc(C)n3)nc3c2CCC(C)(C)C3)c1. The minimum absolute atomic E-state index is 0.254. The van der Waals surface area contributed by atoms with Gasteiger partial charge >= 0.3 is 0 Å². The highest BCUT2D eigenvalue weighted by Gasteiger charge is 2.29. The van der Waals surface area contributed by atoms with Crippen molar-refractivity contribution >= 4 is 0 Å². The molecule has 4 rings (SSSR count). The Kier molecular flexibility index (Phi) is 4.42. The zero-order chi connectivity index (χ0) is 19.0. The van der Waals surface area contributed by atoms with Crippen LogP contribution in [0.1, 0.15) is 37.2 Å². The van der Waals surface area contributed by atoms with Crippen LogP contribution in [0.4, 0.5) is 0 Å². The Morgan fingerprint density at radius 2 is 1.81 bits per heavy atom. The lowest BCUT2D eigenvalue weighted by Crippen LogP contribution is -2.24. The van der Waals surface area contributed by atoms with E-state index in [1.807, 2.05) is 37.3 Å². The third kappa shape index (κ3) is 3.57. The van der Waals surface area contributed by atoms with Crippen LogP contribution in [0.25, 0.3) is 22.8 Å². The van der Waals surface area contributed by atoms with E-state index >= 15 is 0 Å². The molecule has 0 N–H and O–H groups in total. The number of aryl methyl sites for hydroxylation is 1. The standard InChI is InChI=1S/C23H25N3O/c1-15-7-5-10-19(24-15)22-25-20-14-23(2,3)12-11-18(20)21(26-22)16-8-6-9-17(13-16)27-4/h5-10,13H,11-12,14H2,1-4H3. The fourth-order valence-corrected chi connectivity index (χ4v) is 3.74. The lowest BCUT2D eigenvalue weighted by atomic mass is 9.75. The van der Waals surface area contributed by atoms with E-state index in [4.69, 9.17) is 14.7 Å². The Morgan fingerprint density at radius 1 is 1.00 bits per heavy atom. The summed E-state index contributed by atoms with van der Waals surface area (Å²) in [6, 6.07) is 14.1. The van der Waals surface area contributed by atoms with Crippen molar-refractivity contribution < 1.29 is 4.74 Å². The van der Waals surface area contributed by atoms with E-state index in [1.165, 1.54) is 5.56 Å². The van der Waals surface area contributed by atoms with Crippen molar-refractivity contribution in [3.63, 3.8) is 0 Å². The highest BCUT2D eigenvalue weighted by Crippen LogP contribution is 2.39. The van der Waals surface area contributed by atoms with Crippen LogP contribution in [0, 0.1) is 12.3 Å². The Balaban J connectivity index is 1.92. The van der Waals surface area contributed by atoms with Gasteiger partial charge in [-0.3, -0.25) is 0 Å². The summed E-state index contributed by atoms with van der Waals surface area (Å²) in [6.07, 6.45) is 3.10. The molecule has 0 atom stereocenters. The van der Waals surface area contributed by atoms with Gasteiger partial charge in [-0.2, -0.15) is 0 Å². The predicted molar refractivity (Wildman–Crippen MR) is 108 cm³/mol. The van der Waals surface area contributed by atoms with Gasteiger partial charge in [-0.15, -0.1) is 0 Å². The number of rotatable bonds is 3. The lowest BCUT2D eigenvalue weighted by Gasteiger charge is -2.31. The quantitative estimate of drug-likeness (QED) is 0.657. The zero-order valence-electron chi connectivity index (χ0n) is 16.4. The number of pyridine rings is 1. The maximum Gasteiger partial charge on any atom is 0.178 e. The van der Waals surface area contributed by atoms with Crippen molar-refractivity contribution in [2.75, 3.05) is 7.11 Å². The molecule has 4 heteroatoms. The Morgan fingerprint density at radius 3 is 2.59 bits per heavy atom. The summed E-state index contributed by atoms with van der Waals surface area (Å²) in [5, 5.41) is 0. The normalized spacial score (nSPS) is 15.3. The topological polar surface area (TPSA) is 47.9 Å². The van der Waals surface area contributed by atoms with Gasteiger partial charge in [0.1, 0.15) is 11.4 Å². The van der Waals surface area contributed by atoms with Crippen LogP contribution < -0.4 is 4.74 Å². The summed E-state index contributed by atoms with van der Waals surface area (Å²) >= 11 is 0. The molecule has 3 aromatic rings. The molecule has 1 aliphatic carbocycles. The molecule has 27 heavy (non-hydrogen) atoms. The van der Waals surface area contributed by atoms with E-state index in [9.17, 15) is 0 Å². The first kappa shape index (κ1) is 17.7. The molecule has 138 valence electrons. The van der Waals surface area contributed by atoms with Gasteiger partial charge in [0.15, 0.2) is 5.82 Å². The molecule has 0 fully saturated rings. The number of nitrogens with zero attached hydrogens (tertiary/aromatic N) is 3. The van der Waals surface area contributed by atoms with Crippen LogP contribution in [0.2, 0.25) is 0 Å². The monoisotopic (exact) mass is 359 g/mol. The van der Waals surface area contributed by atoms with Crippen molar-refractivity contribution in [3.05, 3.63) is 59.4 Å². The molecular weight excluding hydrogens is 334 g/mol. The maximum atomic E-state index is 5.43. The van der Waals surface area contributed by atoms with Gasteiger partial charge in [-0.1, -0.05) is 32.0 Å². The smallest absolute Gasteiger partial charge is 0.178 e. The number of ether oxygens (including phenoxy) is 1. The average molecular weight is 359 g/mol. The van der Waals surface area contributed by atoms with Crippen molar-refractivity contribution in [1.82, 2.24) is 15.0 Å². The summed E-state index contributed by atoms with van der Waals surface area (Å²) in [4.78, 5) is 14.6. The second-order valence-corrected chi connectivity index (χ2v) is 8.06. The first-order valence-electron chi connectivity index (χ1n) is 9.43. The van der Waals surface area contributed by atoms with Crippen molar-refractivity contribution in [3.8, 4) is 28.5 Å². The van der Waals surface area contributed by atoms with Gasteiger partial charge in [-0.05, 0) is 55.9 Å². The molecule has 0 saturated heterocycles. The fourth-order valence-electron chi connectivity index (χ4n) is 3.74.